The van der Waals surface area contributed by atoms with Gasteiger partial charge in [0.25, 0.3) is 0 Å². The van der Waals surface area contributed by atoms with Gasteiger partial charge in [-0.15, -0.1) is 0 Å². The topological polar surface area (TPSA) is 32.3 Å². The maximum atomic E-state index is 10.1. The Hall–Kier alpha value is -2.13. The molecule has 3 heteroatoms. The highest BCUT2D eigenvalue weighted by molar-refractivity contribution is 6.33. The minimum Gasteiger partial charge on any atom is -0.387 e. The molecule has 3 rings (SSSR count). The number of aliphatic hydroxyl groups is 1. The van der Waals surface area contributed by atoms with Gasteiger partial charge in [0.2, 0.25) is 0 Å². The van der Waals surface area contributed by atoms with Crippen molar-refractivity contribution >= 4 is 11.6 Å². The van der Waals surface area contributed by atoms with E-state index in [9.17, 15) is 5.11 Å². The van der Waals surface area contributed by atoms with Gasteiger partial charge in [-0.05, 0) is 35.7 Å². The van der Waals surface area contributed by atoms with Crippen LogP contribution in [0.2, 0.25) is 5.02 Å². The number of aliphatic hydroxyl groups excluding tert-OH is 1. The van der Waals surface area contributed by atoms with Gasteiger partial charge >= 0.3 is 0 Å². The summed E-state index contributed by atoms with van der Waals surface area (Å²) in [5.41, 5.74) is 4.39. The highest BCUT2D eigenvalue weighted by atomic mass is 35.5. The molecule has 2 nitrogen and oxygen atoms in total. The second-order valence-corrected chi connectivity index (χ2v) is 6.46. The third kappa shape index (κ3) is 4.93. The van der Waals surface area contributed by atoms with Crippen molar-refractivity contribution in [2.45, 2.75) is 12.5 Å². The molecule has 3 aromatic rings. The van der Waals surface area contributed by atoms with Crippen molar-refractivity contribution in [3.8, 4) is 11.1 Å². The number of hydrogen-bond donors (Lipinski definition) is 2. The molecule has 0 fully saturated rings. The molecule has 0 spiro atoms. The Kier molecular flexibility index (Phi) is 6.24. The molecule has 1 unspecified atom stereocenters. The van der Waals surface area contributed by atoms with Crippen molar-refractivity contribution in [2.24, 2.45) is 0 Å². The van der Waals surface area contributed by atoms with E-state index in [-0.39, 0.29) is 0 Å². The van der Waals surface area contributed by atoms with Crippen LogP contribution in [0.15, 0.2) is 78.9 Å². The van der Waals surface area contributed by atoms with E-state index in [1.807, 2.05) is 54.6 Å². The molecule has 0 aliphatic rings. The Balaban J connectivity index is 1.49. The quantitative estimate of drug-likeness (QED) is 0.595. The largest absolute Gasteiger partial charge is 0.387 e. The fourth-order valence-corrected chi connectivity index (χ4v) is 3.06. The van der Waals surface area contributed by atoms with Gasteiger partial charge in [-0.3, -0.25) is 0 Å². The van der Waals surface area contributed by atoms with Gasteiger partial charge in [0.1, 0.15) is 0 Å². The third-order valence-electron chi connectivity index (χ3n) is 4.25. The highest BCUT2D eigenvalue weighted by Crippen LogP contribution is 2.27. The van der Waals surface area contributed by atoms with Crippen LogP contribution in [0.1, 0.15) is 17.2 Å². The molecule has 0 aliphatic heterocycles. The van der Waals surface area contributed by atoms with E-state index in [2.05, 4.69) is 29.6 Å². The lowest BCUT2D eigenvalue weighted by atomic mass is 10.0. The van der Waals surface area contributed by atoms with E-state index in [1.54, 1.807) is 0 Å². The van der Waals surface area contributed by atoms with Crippen molar-refractivity contribution in [1.29, 1.82) is 0 Å². The van der Waals surface area contributed by atoms with Crippen LogP contribution in [-0.2, 0) is 6.42 Å². The first kappa shape index (κ1) is 17.7. The summed E-state index contributed by atoms with van der Waals surface area (Å²) in [7, 11) is 0. The van der Waals surface area contributed by atoms with E-state index < -0.39 is 6.10 Å². The molecule has 0 amide bonds. The Bertz CT molecular complexity index is 787. The Labute approximate surface area is 154 Å². The highest BCUT2D eigenvalue weighted by Gasteiger charge is 2.06. The SMILES string of the molecule is OC(CNCCc1ccc(-c2ccccc2Cl)cc1)c1ccccc1. The molecular formula is C22H22ClNO. The summed E-state index contributed by atoms with van der Waals surface area (Å²) in [5.74, 6) is 0. The molecule has 1 atom stereocenters. The molecule has 25 heavy (non-hydrogen) atoms. The van der Waals surface area contributed by atoms with Crippen molar-refractivity contribution in [3.63, 3.8) is 0 Å². The summed E-state index contributed by atoms with van der Waals surface area (Å²) in [6.45, 7) is 1.39. The number of rotatable bonds is 7. The normalized spacial score (nSPS) is 12.1. The lowest BCUT2D eigenvalue weighted by Crippen LogP contribution is -2.23. The standard InChI is InChI=1S/C22H22ClNO/c23-21-9-5-4-8-20(21)18-12-10-17(11-13-18)14-15-24-16-22(25)19-6-2-1-3-7-19/h1-13,22,24-25H,14-16H2. The Morgan fingerprint density at radius 2 is 1.52 bits per heavy atom. The first-order valence-corrected chi connectivity index (χ1v) is 8.89. The van der Waals surface area contributed by atoms with Crippen molar-refractivity contribution in [3.05, 3.63) is 95.0 Å². The maximum absolute atomic E-state index is 10.1. The molecular weight excluding hydrogens is 330 g/mol. The molecule has 0 aromatic heterocycles. The maximum Gasteiger partial charge on any atom is 0.0914 e. The number of benzene rings is 3. The van der Waals surface area contributed by atoms with Gasteiger partial charge in [0.05, 0.1) is 6.10 Å². The average Bonchev–Trinajstić information content (AvgIpc) is 2.67. The zero-order valence-electron chi connectivity index (χ0n) is 14.0. The van der Waals surface area contributed by atoms with Crippen LogP contribution >= 0.6 is 11.6 Å². The van der Waals surface area contributed by atoms with Crippen LogP contribution in [0.5, 0.6) is 0 Å². The monoisotopic (exact) mass is 351 g/mol. The number of hydrogen-bond acceptors (Lipinski definition) is 2. The van der Waals surface area contributed by atoms with Crippen LogP contribution in [0.25, 0.3) is 11.1 Å². The van der Waals surface area contributed by atoms with Crippen molar-refractivity contribution in [2.75, 3.05) is 13.1 Å². The summed E-state index contributed by atoms with van der Waals surface area (Å²) in [6.07, 6.45) is 0.452. The fourth-order valence-electron chi connectivity index (χ4n) is 2.81. The summed E-state index contributed by atoms with van der Waals surface area (Å²) < 4.78 is 0. The third-order valence-corrected chi connectivity index (χ3v) is 4.58. The fraction of sp³-hybridized carbons (Fsp3) is 0.182. The lowest BCUT2D eigenvalue weighted by molar-refractivity contribution is 0.175. The van der Waals surface area contributed by atoms with E-state index in [0.717, 1.165) is 34.7 Å². The summed E-state index contributed by atoms with van der Waals surface area (Å²) in [6, 6.07) is 26.1. The van der Waals surface area contributed by atoms with Gasteiger partial charge in [-0.2, -0.15) is 0 Å². The summed E-state index contributed by atoms with van der Waals surface area (Å²) in [4.78, 5) is 0. The molecule has 0 aliphatic carbocycles. The van der Waals surface area contributed by atoms with E-state index in [1.165, 1.54) is 5.56 Å². The molecule has 0 radical (unpaired) electrons. The molecule has 0 heterocycles. The van der Waals surface area contributed by atoms with Crippen LogP contribution < -0.4 is 5.32 Å². The predicted molar refractivity (Wildman–Crippen MR) is 105 cm³/mol. The minimum atomic E-state index is -0.469. The second kappa shape index (κ2) is 8.82. The van der Waals surface area contributed by atoms with Crippen molar-refractivity contribution in [1.82, 2.24) is 5.32 Å². The van der Waals surface area contributed by atoms with Crippen LogP contribution in [-0.4, -0.2) is 18.2 Å². The van der Waals surface area contributed by atoms with Gasteiger partial charge < -0.3 is 10.4 Å². The zero-order valence-corrected chi connectivity index (χ0v) is 14.8. The van der Waals surface area contributed by atoms with Crippen LogP contribution in [0, 0.1) is 0 Å². The van der Waals surface area contributed by atoms with Crippen molar-refractivity contribution < 1.29 is 5.11 Å². The molecule has 2 N–H and O–H groups in total. The van der Waals surface area contributed by atoms with Gasteiger partial charge in [-0.1, -0.05) is 84.4 Å². The average molecular weight is 352 g/mol. The molecule has 0 bridgehead atoms. The smallest absolute Gasteiger partial charge is 0.0914 e. The zero-order chi connectivity index (χ0) is 17.5. The summed E-state index contributed by atoms with van der Waals surface area (Å²) >= 11 is 6.25. The minimum absolute atomic E-state index is 0.469. The molecule has 3 aromatic carbocycles. The van der Waals surface area contributed by atoms with E-state index in [4.69, 9.17) is 11.6 Å². The first-order valence-electron chi connectivity index (χ1n) is 8.51. The van der Waals surface area contributed by atoms with Gasteiger partial charge in [0, 0.05) is 17.1 Å². The first-order chi connectivity index (χ1) is 12.2. The van der Waals surface area contributed by atoms with Crippen LogP contribution in [0.4, 0.5) is 0 Å². The predicted octanol–water partition coefficient (Wildman–Crippen LogP) is 4.87. The van der Waals surface area contributed by atoms with Gasteiger partial charge in [-0.25, -0.2) is 0 Å². The van der Waals surface area contributed by atoms with E-state index >= 15 is 0 Å². The molecule has 0 saturated heterocycles. The Morgan fingerprint density at radius 3 is 2.24 bits per heavy atom. The van der Waals surface area contributed by atoms with Gasteiger partial charge in [0.15, 0.2) is 0 Å². The lowest BCUT2D eigenvalue weighted by Gasteiger charge is -2.12. The Morgan fingerprint density at radius 1 is 0.840 bits per heavy atom. The van der Waals surface area contributed by atoms with Crippen LogP contribution in [0.3, 0.4) is 0 Å². The molecule has 128 valence electrons. The summed E-state index contributed by atoms with van der Waals surface area (Å²) in [5, 5.41) is 14.2. The number of nitrogens with one attached hydrogen (secondary N) is 1. The van der Waals surface area contributed by atoms with E-state index in [0.29, 0.717) is 6.54 Å². The molecule has 0 saturated carbocycles. The number of halogens is 1. The second-order valence-electron chi connectivity index (χ2n) is 6.06.